The number of thiol groups is 1. The van der Waals surface area contributed by atoms with Gasteiger partial charge in [-0.15, -0.1) is 0 Å². The summed E-state index contributed by atoms with van der Waals surface area (Å²) in [6.07, 6.45) is -0.830. The number of carboxylic acid groups (broad SMARTS) is 1. The van der Waals surface area contributed by atoms with Gasteiger partial charge in [-0.25, -0.2) is 8.42 Å². The molecule has 0 aromatic heterocycles. The summed E-state index contributed by atoms with van der Waals surface area (Å²) in [4.78, 5) is 19.9. The number of hydrogen-bond donors (Lipinski definition) is 3. The maximum Gasteiger partial charge on any atom is 0.312 e. The van der Waals surface area contributed by atoms with Gasteiger partial charge < -0.3 is 5.11 Å². The minimum Gasteiger partial charge on any atom is -0.481 e. The van der Waals surface area contributed by atoms with Gasteiger partial charge in [0, 0.05) is 0 Å². The van der Waals surface area contributed by atoms with Gasteiger partial charge in [0.2, 0.25) is 16.8 Å². The number of carbonyl (C=O) groups excluding carboxylic acids is 1. The molecule has 0 saturated heterocycles. The lowest BCUT2D eigenvalue weighted by atomic mass is 10.4. The van der Waals surface area contributed by atoms with E-state index in [4.69, 9.17) is 5.11 Å². The van der Waals surface area contributed by atoms with Crippen molar-refractivity contribution in [1.82, 2.24) is 4.72 Å². The quantitative estimate of drug-likeness (QED) is 0.337. The third kappa shape index (κ3) is 5.04. The van der Waals surface area contributed by atoms with Gasteiger partial charge in [-0.2, -0.15) is 0 Å². The molecule has 0 fully saturated rings. The molecule has 7 heteroatoms. The van der Waals surface area contributed by atoms with Gasteiger partial charge >= 0.3 is 5.97 Å². The standard InChI is InChI=1S/C3H5NO5S/c5-2(1-3(6)7)4-10(8)9/h10H,1H2,(H,6,7)(H,4,5,8,9). The molecule has 2 N–H and O–H groups in total. The molecule has 0 bridgehead atoms. The second-order valence-corrected chi connectivity index (χ2v) is 2.10. The van der Waals surface area contributed by atoms with Gasteiger partial charge in [0.15, 0.2) is 0 Å². The topological polar surface area (TPSA) is 101 Å². The van der Waals surface area contributed by atoms with E-state index in [1.807, 2.05) is 0 Å². The Hall–Kier alpha value is -1.11. The van der Waals surface area contributed by atoms with Crippen LogP contribution in [-0.4, -0.2) is 25.4 Å². The second-order valence-electron chi connectivity index (χ2n) is 1.36. The predicted molar refractivity (Wildman–Crippen MR) is 30.7 cm³/mol. The fourth-order valence-corrected chi connectivity index (χ4v) is 0.561. The van der Waals surface area contributed by atoms with Crippen molar-refractivity contribution in [2.24, 2.45) is 0 Å². The highest BCUT2D eigenvalue weighted by atomic mass is 32.2. The largest absolute Gasteiger partial charge is 0.481 e. The molecule has 0 aliphatic rings. The third-order valence-corrected chi connectivity index (χ3v) is 0.960. The molecule has 0 saturated carbocycles. The van der Waals surface area contributed by atoms with Crippen molar-refractivity contribution in [3.63, 3.8) is 0 Å². The van der Waals surface area contributed by atoms with E-state index >= 15 is 0 Å². The van der Waals surface area contributed by atoms with Crippen molar-refractivity contribution in [3.8, 4) is 0 Å². The molecule has 10 heavy (non-hydrogen) atoms. The summed E-state index contributed by atoms with van der Waals surface area (Å²) >= 11 is 0. The molecule has 0 aliphatic carbocycles. The Labute approximate surface area is 57.9 Å². The molecule has 58 valence electrons. The maximum atomic E-state index is 10.2. The Morgan fingerprint density at radius 3 is 2.20 bits per heavy atom. The zero-order valence-electron chi connectivity index (χ0n) is 4.73. The van der Waals surface area contributed by atoms with Crippen molar-refractivity contribution < 1.29 is 23.1 Å². The van der Waals surface area contributed by atoms with Crippen LogP contribution in [-0.2, 0) is 20.5 Å². The fourth-order valence-electron chi connectivity index (χ4n) is 0.279. The zero-order valence-corrected chi connectivity index (χ0v) is 5.63. The molecule has 6 nitrogen and oxygen atoms in total. The highest BCUT2D eigenvalue weighted by molar-refractivity contribution is 7.71. The Morgan fingerprint density at radius 2 is 1.90 bits per heavy atom. The minimum atomic E-state index is -3.03. The number of rotatable bonds is 3. The summed E-state index contributed by atoms with van der Waals surface area (Å²) in [5.74, 6) is -2.40. The summed E-state index contributed by atoms with van der Waals surface area (Å²) in [5, 5.41) is 7.94. The van der Waals surface area contributed by atoms with Crippen molar-refractivity contribution >= 4 is 22.8 Å². The molecule has 0 rings (SSSR count). The maximum absolute atomic E-state index is 10.2. The Bertz CT molecular complexity index is 211. The van der Waals surface area contributed by atoms with Crippen molar-refractivity contribution in [1.29, 1.82) is 0 Å². The van der Waals surface area contributed by atoms with Crippen LogP contribution in [0.4, 0.5) is 0 Å². The first-order chi connectivity index (χ1) is 4.52. The van der Waals surface area contributed by atoms with Gasteiger partial charge in [-0.05, 0) is 0 Å². The first-order valence-corrected chi connectivity index (χ1v) is 3.36. The minimum absolute atomic E-state index is 0.830. The second kappa shape index (κ2) is 3.83. The van der Waals surface area contributed by atoms with Gasteiger partial charge in [0.25, 0.3) is 0 Å². The fraction of sp³-hybridized carbons (Fsp3) is 0.333. The van der Waals surface area contributed by atoms with E-state index in [1.165, 1.54) is 4.72 Å². The van der Waals surface area contributed by atoms with Crippen LogP contribution in [0.3, 0.4) is 0 Å². The Kier molecular flexibility index (Phi) is 3.40. The zero-order chi connectivity index (χ0) is 8.15. The highest BCUT2D eigenvalue weighted by Crippen LogP contribution is 1.77. The number of amides is 1. The lowest BCUT2D eigenvalue weighted by Gasteiger charge is -1.90. The van der Waals surface area contributed by atoms with E-state index in [1.54, 1.807) is 0 Å². The summed E-state index contributed by atoms with van der Waals surface area (Å²) in [7, 11) is -3.03. The van der Waals surface area contributed by atoms with Crippen LogP contribution in [0.5, 0.6) is 0 Å². The summed E-state index contributed by atoms with van der Waals surface area (Å²) in [6.45, 7) is 0. The number of aliphatic carboxylic acids is 1. The number of hydrogen-bond acceptors (Lipinski definition) is 4. The molecule has 0 atom stereocenters. The van der Waals surface area contributed by atoms with Crippen LogP contribution in [0.1, 0.15) is 6.42 Å². The average molecular weight is 167 g/mol. The molecule has 0 unspecified atom stereocenters. The summed E-state index contributed by atoms with van der Waals surface area (Å²) < 4.78 is 20.8. The third-order valence-electron chi connectivity index (χ3n) is 0.528. The van der Waals surface area contributed by atoms with E-state index in [9.17, 15) is 18.0 Å². The van der Waals surface area contributed by atoms with Crippen LogP contribution in [0.15, 0.2) is 0 Å². The van der Waals surface area contributed by atoms with E-state index in [0.29, 0.717) is 0 Å². The molecule has 1 amide bonds. The first-order valence-electron chi connectivity index (χ1n) is 2.18. The van der Waals surface area contributed by atoms with Gasteiger partial charge in [0.05, 0.1) is 0 Å². The van der Waals surface area contributed by atoms with E-state index < -0.39 is 29.2 Å². The van der Waals surface area contributed by atoms with E-state index in [-0.39, 0.29) is 0 Å². The molecule has 0 aromatic rings. The monoisotopic (exact) mass is 167 g/mol. The summed E-state index contributed by atoms with van der Waals surface area (Å²) in [5.41, 5.74) is 0. The lowest BCUT2D eigenvalue weighted by molar-refractivity contribution is -0.140. The normalized spacial score (nSPS) is 9.30. The van der Waals surface area contributed by atoms with E-state index in [0.717, 1.165) is 0 Å². The van der Waals surface area contributed by atoms with Gasteiger partial charge in [-0.3, -0.25) is 14.3 Å². The number of carboxylic acids is 1. The number of nitrogens with one attached hydrogen (secondary N) is 1. The molecule has 0 aliphatic heterocycles. The van der Waals surface area contributed by atoms with Crippen molar-refractivity contribution in [2.45, 2.75) is 6.42 Å². The Balaban J connectivity index is 3.76. The molecular weight excluding hydrogens is 162 g/mol. The van der Waals surface area contributed by atoms with E-state index in [2.05, 4.69) is 0 Å². The SMILES string of the molecule is O=C(O)CC(=O)N[SH](=O)=O. The Morgan fingerprint density at radius 1 is 1.40 bits per heavy atom. The van der Waals surface area contributed by atoms with Crippen molar-refractivity contribution in [2.75, 3.05) is 0 Å². The van der Waals surface area contributed by atoms with Gasteiger partial charge in [-0.1, -0.05) is 0 Å². The van der Waals surface area contributed by atoms with Crippen molar-refractivity contribution in [3.05, 3.63) is 0 Å². The molecular formula is C3H5NO5S. The lowest BCUT2D eigenvalue weighted by Crippen LogP contribution is -2.23. The average Bonchev–Trinajstić information content (AvgIpc) is 1.58. The molecule has 0 heterocycles. The van der Waals surface area contributed by atoms with Crippen LogP contribution >= 0.6 is 0 Å². The first kappa shape index (κ1) is 8.89. The molecule has 0 aromatic carbocycles. The van der Waals surface area contributed by atoms with Crippen LogP contribution in [0.2, 0.25) is 0 Å². The summed E-state index contributed by atoms with van der Waals surface area (Å²) in [6, 6.07) is 0. The highest BCUT2D eigenvalue weighted by Gasteiger charge is 2.06. The van der Waals surface area contributed by atoms with Gasteiger partial charge in [0.1, 0.15) is 6.42 Å². The smallest absolute Gasteiger partial charge is 0.312 e. The predicted octanol–water partition coefficient (Wildman–Crippen LogP) is -1.90. The van der Waals surface area contributed by atoms with Crippen LogP contribution < -0.4 is 4.72 Å². The number of carbonyl (C=O) groups is 2. The molecule has 0 spiro atoms. The molecule has 0 radical (unpaired) electrons. The van der Waals surface area contributed by atoms with Crippen LogP contribution in [0, 0.1) is 0 Å². The van der Waals surface area contributed by atoms with Crippen LogP contribution in [0.25, 0.3) is 0 Å².